The highest BCUT2D eigenvalue weighted by Gasteiger charge is 2.23. The molecule has 2 N–H and O–H groups in total. The molecule has 0 bridgehead atoms. The summed E-state index contributed by atoms with van der Waals surface area (Å²) in [5.74, 6) is -1.29. The van der Waals surface area contributed by atoms with Crippen LogP contribution >= 0.6 is 11.6 Å². The van der Waals surface area contributed by atoms with E-state index in [1.165, 1.54) is 6.20 Å². The van der Waals surface area contributed by atoms with Crippen LogP contribution in [-0.4, -0.2) is 47.4 Å². The van der Waals surface area contributed by atoms with E-state index in [0.717, 1.165) is 0 Å². The van der Waals surface area contributed by atoms with E-state index in [2.05, 4.69) is 5.32 Å². The average molecular weight is 286 g/mol. The first-order chi connectivity index (χ1) is 9.08. The molecule has 1 rings (SSSR count). The zero-order valence-corrected chi connectivity index (χ0v) is 11.2. The standard InChI is InChI=1S/C12H16ClN3O3/c13-3-4-15-11(17)10(7-14)8-16-5-1-9(2-6-16)12(18)19/h8-9H,1-6H2,(H,15,17)(H,18,19)/b10-8-. The van der Waals surface area contributed by atoms with E-state index >= 15 is 0 Å². The van der Waals surface area contributed by atoms with Crippen LogP contribution in [0.5, 0.6) is 0 Å². The highest BCUT2D eigenvalue weighted by molar-refractivity contribution is 6.18. The summed E-state index contributed by atoms with van der Waals surface area (Å²) in [5.41, 5.74) is 0.0129. The number of carbonyl (C=O) groups is 2. The lowest BCUT2D eigenvalue weighted by Gasteiger charge is -2.29. The third kappa shape index (κ3) is 4.79. The topological polar surface area (TPSA) is 93.4 Å². The number of aliphatic carboxylic acids is 1. The van der Waals surface area contributed by atoms with Crippen molar-refractivity contribution in [3.8, 4) is 6.07 Å². The molecular formula is C12H16ClN3O3. The number of nitriles is 1. The molecule has 0 unspecified atom stereocenters. The van der Waals surface area contributed by atoms with Gasteiger partial charge in [-0.25, -0.2) is 0 Å². The predicted octanol–water partition coefficient (Wildman–Crippen LogP) is 0.545. The number of hydrogen-bond acceptors (Lipinski definition) is 4. The van der Waals surface area contributed by atoms with Crippen LogP contribution in [0.25, 0.3) is 0 Å². The summed E-state index contributed by atoms with van der Waals surface area (Å²) in [7, 11) is 0. The molecule has 1 aliphatic heterocycles. The molecule has 0 aromatic rings. The molecular weight excluding hydrogens is 270 g/mol. The van der Waals surface area contributed by atoms with Gasteiger partial charge in [-0.05, 0) is 12.8 Å². The van der Waals surface area contributed by atoms with E-state index in [4.69, 9.17) is 22.0 Å². The quantitative estimate of drug-likeness (QED) is 0.437. The van der Waals surface area contributed by atoms with Crippen LogP contribution in [0.15, 0.2) is 11.8 Å². The number of nitrogens with zero attached hydrogens (tertiary/aromatic N) is 2. The lowest BCUT2D eigenvalue weighted by atomic mass is 9.97. The maximum absolute atomic E-state index is 11.6. The van der Waals surface area contributed by atoms with Crippen molar-refractivity contribution in [1.29, 1.82) is 5.26 Å². The van der Waals surface area contributed by atoms with Crippen molar-refractivity contribution in [2.45, 2.75) is 12.8 Å². The zero-order chi connectivity index (χ0) is 14.3. The monoisotopic (exact) mass is 285 g/mol. The second-order valence-electron chi connectivity index (χ2n) is 4.25. The van der Waals surface area contributed by atoms with Crippen molar-refractivity contribution >= 4 is 23.5 Å². The van der Waals surface area contributed by atoms with Crippen LogP contribution in [-0.2, 0) is 9.59 Å². The van der Waals surface area contributed by atoms with Gasteiger partial charge < -0.3 is 15.3 Å². The molecule has 19 heavy (non-hydrogen) atoms. The Hall–Kier alpha value is -1.74. The molecule has 6 nitrogen and oxygen atoms in total. The van der Waals surface area contributed by atoms with Crippen molar-refractivity contribution in [2.24, 2.45) is 5.92 Å². The number of hydrogen-bond donors (Lipinski definition) is 2. The highest BCUT2D eigenvalue weighted by atomic mass is 35.5. The van der Waals surface area contributed by atoms with Crippen LogP contribution in [0.1, 0.15) is 12.8 Å². The van der Waals surface area contributed by atoms with Crippen LogP contribution in [0.3, 0.4) is 0 Å². The van der Waals surface area contributed by atoms with Crippen molar-refractivity contribution in [3.63, 3.8) is 0 Å². The van der Waals surface area contributed by atoms with Crippen molar-refractivity contribution in [3.05, 3.63) is 11.8 Å². The Bertz CT molecular complexity index is 409. The van der Waals surface area contributed by atoms with E-state index in [1.807, 2.05) is 6.07 Å². The minimum absolute atomic E-state index is 0.0129. The Morgan fingerprint density at radius 1 is 1.47 bits per heavy atom. The lowest BCUT2D eigenvalue weighted by molar-refractivity contribution is -0.143. The fourth-order valence-corrected chi connectivity index (χ4v) is 1.95. The fraction of sp³-hybridized carbons (Fsp3) is 0.583. The molecule has 1 amide bonds. The number of likely N-dealkylation sites (tertiary alicyclic amines) is 1. The summed E-state index contributed by atoms with van der Waals surface area (Å²) < 4.78 is 0. The van der Waals surface area contributed by atoms with Gasteiger partial charge in [0.15, 0.2) is 0 Å². The second-order valence-corrected chi connectivity index (χ2v) is 4.63. The number of carboxylic acid groups (broad SMARTS) is 1. The van der Waals surface area contributed by atoms with Crippen LogP contribution < -0.4 is 5.32 Å². The van der Waals surface area contributed by atoms with Crippen molar-refractivity contribution in [2.75, 3.05) is 25.5 Å². The number of halogens is 1. The third-order valence-corrected chi connectivity index (χ3v) is 3.12. The normalized spacial score (nSPS) is 16.8. The maximum atomic E-state index is 11.6. The van der Waals surface area contributed by atoms with Crippen molar-refractivity contribution < 1.29 is 14.7 Å². The average Bonchev–Trinajstić information content (AvgIpc) is 2.42. The summed E-state index contributed by atoms with van der Waals surface area (Å²) in [6, 6.07) is 1.84. The Labute approximate surface area is 116 Å². The minimum Gasteiger partial charge on any atom is -0.481 e. The van der Waals surface area contributed by atoms with Gasteiger partial charge in [0.1, 0.15) is 11.6 Å². The first-order valence-corrected chi connectivity index (χ1v) is 6.55. The molecule has 0 aliphatic carbocycles. The van der Waals surface area contributed by atoms with Crippen molar-refractivity contribution in [1.82, 2.24) is 10.2 Å². The van der Waals surface area contributed by atoms with E-state index in [0.29, 0.717) is 32.5 Å². The van der Waals surface area contributed by atoms with E-state index in [-0.39, 0.29) is 17.4 Å². The molecule has 104 valence electrons. The lowest BCUT2D eigenvalue weighted by Crippen LogP contribution is -2.34. The number of piperidine rings is 1. The summed E-state index contributed by atoms with van der Waals surface area (Å²) in [4.78, 5) is 24.2. The predicted molar refractivity (Wildman–Crippen MR) is 69.4 cm³/mol. The minimum atomic E-state index is -0.788. The molecule has 1 saturated heterocycles. The molecule has 0 aromatic carbocycles. The van der Waals surface area contributed by atoms with Gasteiger partial charge >= 0.3 is 5.97 Å². The Kier molecular flexibility index (Phi) is 6.16. The molecule has 1 heterocycles. The van der Waals surface area contributed by atoms with Crippen LogP contribution in [0.2, 0.25) is 0 Å². The molecule has 7 heteroatoms. The van der Waals surface area contributed by atoms with Gasteiger partial charge in [-0.1, -0.05) is 0 Å². The second kappa shape index (κ2) is 7.64. The fourth-order valence-electron chi connectivity index (χ4n) is 1.85. The third-order valence-electron chi connectivity index (χ3n) is 2.94. The number of alkyl halides is 1. The first kappa shape index (κ1) is 15.3. The molecule has 1 fully saturated rings. The summed E-state index contributed by atoms with van der Waals surface area (Å²) in [5, 5.41) is 20.3. The van der Waals surface area contributed by atoms with Gasteiger partial charge in [0.25, 0.3) is 5.91 Å². The van der Waals surface area contributed by atoms with E-state index in [1.54, 1.807) is 4.90 Å². The van der Waals surface area contributed by atoms with Crippen LogP contribution in [0, 0.1) is 17.2 Å². The molecule has 0 atom stereocenters. The van der Waals surface area contributed by atoms with E-state index < -0.39 is 11.9 Å². The summed E-state index contributed by atoms with van der Waals surface area (Å²) >= 11 is 5.45. The SMILES string of the molecule is N#C/C(=C/N1CCC(C(=O)O)CC1)C(=O)NCCCl. The van der Waals surface area contributed by atoms with Crippen LogP contribution in [0.4, 0.5) is 0 Å². The Balaban J connectivity index is 2.56. The zero-order valence-electron chi connectivity index (χ0n) is 10.4. The molecule has 1 aliphatic rings. The van der Waals surface area contributed by atoms with Gasteiger partial charge in [0, 0.05) is 31.7 Å². The molecule has 0 radical (unpaired) electrons. The summed E-state index contributed by atoms with van der Waals surface area (Å²) in [6.45, 7) is 1.37. The Morgan fingerprint density at radius 3 is 2.58 bits per heavy atom. The molecule has 0 spiro atoms. The van der Waals surface area contributed by atoms with Gasteiger partial charge in [-0.15, -0.1) is 11.6 Å². The molecule has 0 aromatic heterocycles. The number of rotatable bonds is 5. The number of carbonyl (C=O) groups excluding carboxylic acids is 1. The van der Waals surface area contributed by atoms with Gasteiger partial charge in [0.2, 0.25) is 0 Å². The van der Waals surface area contributed by atoms with Gasteiger partial charge in [-0.3, -0.25) is 9.59 Å². The maximum Gasteiger partial charge on any atom is 0.306 e. The Morgan fingerprint density at radius 2 is 2.11 bits per heavy atom. The van der Waals surface area contributed by atoms with Gasteiger partial charge in [-0.2, -0.15) is 5.26 Å². The first-order valence-electron chi connectivity index (χ1n) is 6.01. The smallest absolute Gasteiger partial charge is 0.306 e. The number of carboxylic acids is 1. The number of amides is 1. The highest BCUT2D eigenvalue weighted by Crippen LogP contribution is 2.18. The van der Waals surface area contributed by atoms with Gasteiger partial charge in [0.05, 0.1) is 5.92 Å². The molecule has 0 saturated carbocycles. The number of nitrogens with one attached hydrogen (secondary N) is 1. The largest absolute Gasteiger partial charge is 0.481 e. The van der Waals surface area contributed by atoms with E-state index in [9.17, 15) is 9.59 Å². The summed E-state index contributed by atoms with van der Waals surface area (Å²) in [6.07, 6.45) is 2.53.